The van der Waals surface area contributed by atoms with Crippen molar-refractivity contribution in [2.75, 3.05) is 37.3 Å². The van der Waals surface area contributed by atoms with E-state index in [1.54, 1.807) is 36.7 Å². The number of fused-ring (bicyclic) bond motifs is 1. The van der Waals surface area contributed by atoms with Crippen molar-refractivity contribution < 1.29 is 13.5 Å². The van der Waals surface area contributed by atoms with Crippen LogP contribution < -0.4 is 16.4 Å². The van der Waals surface area contributed by atoms with E-state index in [9.17, 15) is 8.42 Å². The maximum Gasteiger partial charge on any atom is 0.243 e. The lowest BCUT2D eigenvalue weighted by Gasteiger charge is -2.31. The first-order valence-electron chi connectivity index (χ1n) is 12.3. The number of rotatable bonds is 9. The van der Waals surface area contributed by atoms with Crippen LogP contribution in [0.5, 0.6) is 0 Å². The van der Waals surface area contributed by atoms with Crippen LogP contribution >= 0.6 is 11.3 Å². The molecule has 4 aromatic rings. The number of piperidine rings is 1. The summed E-state index contributed by atoms with van der Waals surface area (Å²) in [5.74, 6) is 0.414. The van der Waals surface area contributed by atoms with Crippen molar-refractivity contribution >= 4 is 60.5 Å². The number of anilines is 3. The summed E-state index contributed by atoms with van der Waals surface area (Å²) in [4.78, 5) is 13.3. The van der Waals surface area contributed by atoms with Crippen LogP contribution in [0.1, 0.15) is 24.0 Å². The number of aromatic nitrogens is 3. The second-order valence-electron chi connectivity index (χ2n) is 8.96. The molecule has 1 aliphatic rings. The van der Waals surface area contributed by atoms with Crippen molar-refractivity contribution in [2.24, 2.45) is 0 Å². The fourth-order valence-electron chi connectivity index (χ4n) is 4.30. The molecule has 5 rings (SSSR count). The smallest absolute Gasteiger partial charge is 0.243 e. The molecule has 38 heavy (non-hydrogen) atoms. The van der Waals surface area contributed by atoms with Crippen LogP contribution in [-0.4, -0.2) is 65.1 Å². The third-order valence-corrected chi connectivity index (χ3v) is 9.08. The van der Waals surface area contributed by atoms with Gasteiger partial charge in [-0.2, -0.15) is 4.31 Å². The first-order valence-corrected chi connectivity index (χ1v) is 14.5. The van der Waals surface area contributed by atoms with Crippen molar-refractivity contribution in [3.63, 3.8) is 0 Å². The number of hydrogen-bond donors (Lipinski definition) is 4. The van der Waals surface area contributed by atoms with E-state index in [0.717, 1.165) is 34.2 Å². The zero-order valence-corrected chi connectivity index (χ0v) is 22.3. The van der Waals surface area contributed by atoms with Crippen LogP contribution in [-0.2, 0) is 10.0 Å². The molecule has 0 bridgehead atoms. The molecule has 5 N–H and O–H groups in total. The average Bonchev–Trinajstić information content (AvgIpc) is 3.31. The Morgan fingerprint density at radius 2 is 1.76 bits per heavy atom. The first kappa shape index (κ1) is 26.2. The second-order valence-corrected chi connectivity index (χ2v) is 12.0. The summed E-state index contributed by atoms with van der Waals surface area (Å²) in [6.07, 6.45) is 8.78. The van der Waals surface area contributed by atoms with Gasteiger partial charge in [0.1, 0.15) is 0 Å². The van der Waals surface area contributed by atoms with Gasteiger partial charge in [-0.15, -0.1) is 0 Å². The van der Waals surface area contributed by atoms with Crippen molar-refractivity contribution in [1.29, 1.82) is 0 Å². The molecule has 0 aliphatic carbocycles. The number of nitrogen functional groups attached to an aromatic ring is 1. The number of hydrogen-bond acceptors (Lipinski definition) is 10. The molecular formula is C26H29N7O3S2. The van der Waals surface area contributed by atoms with Crippen LogP contribution in [0.4, 0.5) is 16.8 Å². The first-order chi connectivity index (χ1) is 18.4. The molecule has 0 spiro atoms. The third-order valence-electron chi connectivity index (χ3n) is 6.32. The van der Waals surface area contributed by atoms with Gasteiger partial charge >= 0.3 is 0 Å². The van der Waals surface area contributed by atoms with Crippen molar-refractivity contribution in [3.05, 3.63) is 66.0 Å². The molecule has 0 amide bonds. The minimum absolute atomic E-state index is 0.0765. The summed E-state index contributed by atoms with van der Waals surface area (Å²) in [7, 11) is -3.56. The van der Waals surface area contributed by atoms with E-state index in [1.165, 1.54) is 15.6 Å². The van der Waals surface area contributed by atoms with E-state index in [0.29, 0.717) is 36.4 Å². The van der Waals surface area contributed by atoms with Gasteiger partial charge in [-0.05, 0) is 54.8 Å². The molecule has 1 aliphatic heterocycles. The van der Waals surface area contributed by atoms with Crippen LogP contribution in [0.3, 0.4) is 0 Å². The molecule has 0 radical (unpaired) electrons. The van der Waals surface area contributed by atoms with Crippen molar-refractivity contribution in [3.8, 4) is 0 Å². The number of nitrogens with two attached hydrogens (primary N) is 1. The molecule has 0 atom stereocenters. The van der Waals surface area contributed by atoms with E-state index < -0.39 is 10.0 Å². The van der Waals surface area contributed by atoms with Gasteiger partial charge in [0.05, 0.1) is 21.7 Å². The highest BCUT2D eigenvalue weighted by Gasteiger charge is 2.29. The van der Waals surface area contributed by atoms with Crippen LogP contribution in [0.25, 0.3) is 22.4 Å². The zero-order valence-electron chi connectivity index (χ0n) is 20.6. The Morgan fingerprint density at radius 1 is 1.05 bits per heavy atom. The van der Waals surface area contributed by atoms with Gasteiger partial charge < -0.3 is 21.5 Å². The number of benzene rings is 2. The number of sulfonamides is 1. The predicted octanol–water partition coefficient (Wildman–Crippen LogP) is 3.32. The third kappa shape index (κ3) is 6.17. The summed E-state index contributed by atoms with van der Waals surface area (Å²) in [5, 5.41) is 15.9. The second kappa shape index (κ2) is 11.5. The monoisotopic (exact) mass is 551 g/mol. The van der Waals surface area contributed by atoms with Crippen molar-refractivity contribution in [1.82, 2.24) is 24.6 Å². The van der Waals surface area contributed by atoms with Crippen LogP contribution in [0.2, 0.25) is 0 Å². The predicted molar refractivity (Wildman–Crippen MR) is 152 cm³/mol. The molecule has 198 valence electrons. The van der Waals surface area contributed by atoms with Gasteiger partial charge in [0, 0.05) is 49.3 Å². The molecule has 2 aromatic heterocycles. The topological polar surface area (TPSA) is 146 Å². The summed E-state index contributed by atoms with van der Waals surface area (Å²) >= 11 is 1.46. The average molecular weight is 552 g/mol. The van der Waals surface area contributed by atoms with E-state index >= 15 is 0 Å². The number of thiazole rings is 1. The summed E-state index contributed by atoms with van der Waals surface area (Å²) < 4.78 is 28.7. The van der Waals surface area contributed by atoms with Gasteiger partial charge in [-0.3, -0.25) is 0 Å². The normalized spacial score (nSPS) is 15.4. The van der Waals surface area contributed by atoms with Gasteiger partial charge in [0.2, 0.25) is 16.0 Å². The van der Waals surface area contributed by atoms with Gasteiger partial charge in [0.25, 0.3) is 0 Å². The number of aliphatic hydroxyl groups is 1. The lowest BCUT2D eigenvalue weighted by Crippen LogP contribution is -2.45. The number of aliphatic hydroxyl groups excluding tert-OH is 1. The van der Waals surface area contributed by atoms with Crippen LogP contribution in [0.15, 0.2) is 59.8 Å². The Hall–Kier alpha value is -3.42. The maximum absolute atomic E-state index is 13.1. The molecular weight excluding hydrogens is 522 g/mol. The lowest BCUT2D eigenvalue weighted by molar-refractivity contribution is 0.252. The van der Waals surface area contributed by atoms with E-state index in [2.05, 4.69) is 25.6 Å². The summed E-state index contributed by atoms with van der Waals surface area (Å²) in [6, 6.07) is 12.8. The molecule has 12 heteroatoms. The summed E-state index contributed by atoms with van der Waals surface area (Å²) in [5.41, 5.74) is 9.23. The van der Waals surface area contributed by atoms with E-state index in [-0.39, 0.29) is 17.5 Å². The van der Waals surface area contributed by atoms with E-state index in [4.69, 9.17) is 10.8 Å². The van der Waals surface area contributed by atoms with E-state index in [1.807, 2.05) is 30.4 Å². The van der Waals surface area contributed by atoms with Crippen molar-refractivity contribution in [2.45, 2.75) is 23.8 Å². The highest BCUT2D eigenvalue weighted by atomic mass is 32.2. The summed E-state index contributed by atoms with van der Waals surface area (Å²) in [6.45, 7) is 1.51. The van der Waals surface area contributed by atoms with Crippen LogP contribution in [0, 0.1) is 0 Å². The Balaban J connectivity index is 1.18. The zero-order chi connectivity index (χ0) is 26.5. The molecule has 3 heterocycles. The Morgan fingerprint density at radius 3 is 2.47 bits per heavy atom. The quantitative estimate of drug-likeness (QED) is 0.246. The standard InChI is InChI=1S/C26H29N7O3S2/c27-25-32-23-8-3-18(15-24(23)37-25)1-2-19-16-29-26(30-17-19)31-21-4-6-22(7-5-21)38(35,36)33-12-9-20(10-13-33)28-11-14-34/h1-8,15-17,20,28,34H,9-14H2,(H2,27,32)(H,29,30,31). The minimum atomic E-state index is -3.56. The molecule has 2 aromatic carbocycles. The Kier molecular flexibility index (Phi) is 7.95. The molecule has 1 fully saturated rings. The van der Waals surface area contributed by atoms with Gasteiger partial charge in [-0.1, -0.05) is 29.6 Å². The molecule has 0 unspecified atom stereocenters. The highest BCUT2D eigenvalue weighted by Crippen LogP contribution is 2.26. The maximum atomic E-state index is 13.1. The highest BCUT2D eigenvalue weighted by molar-refractivity contribution is 7.89. The number of nitrogens with zero attached hydrogens (tertiary/aromatic N) is 4. The fourth-order valence-corrected chi connectivity index (χ4v) is 6.55. The SMILES string of the molecule is Nc1nc2ccc(C=Cc3cnc(Nc4ccc(S(=O)(=O)N5CCC(NCCO)CC5)cc4)nc3)cc2s1. The Bertz CT molecular complexity index is 1510. The minimum Gasteiger partial charge on any atom is -0.395 e. The fraction of sp³-hybridized carbons (Fsp3) is 0.269. The van der Waals surface area contributed by atoms with Gasteiger partial charge in [0.15, 0.2) is 5.13 Å². The molecule has 1 saturated heterocycles. The largest absolute Gasteiger partial charge is 0.395 e. The molecule has 0 saturated carbocycles. The van der Waals surface area contributed by atoms with Gasteiger partial charge in [-0.25, -0.2) is 23.4 Å². The molecule has 10 nitrogen and oxygen atoms in total. The lowest BCUT2D eigenvalue weighted by atomic mass is 10.1. The number of nitrogens with one attached hydrogen (secondary N) is 2. The Labute approximate surface area is 225 Å².